The highest BCUT2D eigenvalue weighted by atomic mass is 35.5. The van der Waals surface area contributed by atoms with Gasteiger partial charge in [0, 0.05) is 17.5 Å². The maximum Gasteiger partial charge on any atom is 0.424 e. The normalized spacial score (nSPS) is 11.1. The standard InChI is InChI=1S/C18H20ClN3O3/c1-13-6-4-9-17(20-13)12-25-21-14(2)16-8-5-7-15(10-16)11-22(19)18(23)24-3/h4-10H,11-12H2,1-3H3. The van der Waals surface area contributed by atoms with Crippen molar-refractivity contribution in [1.29, 1.82) is 0 Å². The van der Waals surface area contributed by atoms with Crippen LogP contribution in [0.4, 0.5) is 4.79 Å². The maximum absolute atomic E-state index is 11.4. The molecule has 2 rings (SSSR count). The second kappa shape index (κ2) is 9.03. The Kier molecular flexibility index (Phi) is 6.77. The molecule has 0 bridgehead atoms. The Hall–Kier alpha value is -2.60. The van der Waals surface area contributed by atoms with Crippen LogP contribution in [0.15, 0.2) is 47.6 Å². The van der Waals surface area contributed by atoms with Crippen molar-refractivity contribution in [1.82, 2.24) is 9.40 Å². The number of benzene rings is 1. The molecular weight excluding hydrogens is 342 g/mol. The summed E-state index contributed by atoms with van der Waals surface area (Å²) in [5.74, 6) is 0. The van der Waals surface area contributed by atoms with Gasteiger partial charge >= 0.3 is 6.09 Å². The highest BCUT2D eigenvalue weighted by Crippen LogP contribution is 2.12. The third kappa shape index (κ3) is 5.76. The number of halogens is 1. The number of hydrogen-bond donors (Lipinski definition) is 0. The minimum Gasteiger partial charge on any atom is -0.452 e. The first-order chi connectivity index (χ1) is 12.0. The lowest BCUT2D eigenvalue weighted by molar-refractivity contribution is 0.127. The van der Waals surface area contributed by atoms with Gasteiger partial charge in [0.2, 0.25) is 0 Å². The Morgan fingerprint density at radius 2 is 2.04 bits per heavy atom. The van der Waals surface area contributed by atoms with Crippen molar-refractivity contribution < 1.29 is 14.4 Å². The van der Waals surface area contributed by atoms with Gasteiger partial charge in [0.1, 0.15) is 0 Å². The summed E-state index contributed by atoms with van der Waals surface area (Å²) in [6.45, 7) is 4.31. The van der Waals surface area contributed by atoms with E-state index in [9.17, 15) is 4.79 Å². The molecule has 0 saturated carbocycles. The summed E-state index contributed by atoms with van der Waals surface area (Å²) in [7, 11) is 1.28. The molecule has 25 heavy (non-hydrogen) atoms. The molecule has 0 N–H and O–H groups in total. The van der Waals surface area contributed by atoms with E-state index < -0.39 is 6.09 Å². The first-order valence-electron chi connectivity index (χ1n) is 7.69. The number of aromatic nitrogens is 1. The van der Waals surface area contributed by atoms with E-state index in [1.165, 1.54) is 7.11 Å². The number of carbonyl (C=O) groups excluding carboxylic acids is 1. The predicted molar refractivity (Wildman–Crippen MR) is 96.2 cm³/mol. The van der Waals surface area contributed by atoms with E-state index in [0.29, 0.717) is 12.3 Å². The molecule has 0 unspecified atom stereocenters. The van der Waals surface area contributed by atoms with Gasteiger partial charge in [-0.1, -0.05) is 29.4 Å². The van der Waals surface area contributed by atoms with Gasteiger partial charge in [0.05, 0.1) is 25.1 Å². The monoisotopic (exact) mass is 361 g/mol. The van der Waals surface area contributed by atoms with Gasteiger partial charge < -0.3 is 9.57 Å². The summed E-state index contributed by atoms with van der Waals surface area (Å²) >= 11 is 5.86. The first kappa shape index (κ1) is 18.7. The number of rotatable bonds is 6. The van der Waals surface area contributed by atoms with Crippen molar-refractivity contribution in [3.63, 3.8) is 0 Å². The molecular formula is C18H20ClN3O3. The van der Waals surface area contributed by atoms with Crippen molar-refractivity contribution in [2.45, 2.75) is 27.0 Å². The molecule has 132 valence electrons. The Morgan fingerprint density at radius 3 is 2.76 bits per heavy atom. The molecule has 1 amide bonds. The average Bonchev–Trinajstić information content (AvgIpc) is 2.61. The fourth-order valence-corrected chi connectivity index (χ4v) is 2.35. The number of amides is 1. The summed E-state index contributed by atoms with van der Waals surface area (Å²) in [4.78, 5) is 21.1. The molecule has 0 spiro atoms. The number of methoxy groups -OCH3 is 1. The van der Waals surface area contributed by atoms with Crippen LogP contribution in [0, 0.1) is 6.92 Å². The molecule has 0 atom stereocenters. The quantitative estimate of drug-likeness (QED) is 0.442. The molecule has 0 aliphatic rings. The number of oxime groups is 1. The van der Waals surface area contributed by atoms with Gasteiger partial charge in [-0.25, -0.2) is 9.21 Å². The minimum atomic E-state index is -0.605. The molecule has 0 aliphatic carbocycles. The molecule has 0 saturated heterocycles. The SMILES string of the molecule is COC(=O)N(Cl)Cc1cccc(C(C)=NOCc2cccc(C)n2)c1. The van der Waals surface area contributed by atoms with E-state index in [4.69, 9.17) is 16.6 Å². The molecule has 1 heterocycles. The summed E-state index contributed by atoms with van der Waals surface area (Å²) < 4.78 is 5.55. The highest BCUT2D eigenvalue weighted by Gasteiger charge is 2.11. The van der Waals surface area contributed by atoms with E-state index in [1.807, 2.05) is 56.3 Å². The average molecular weight is 362 g/mol. The van der Waals surface area contributed by atoms with E-state index >= 15 is 0 Å². The van der Waals surface area contributed by atoms with Gasteiger partial charge in [-0.15, -0.1) is 0 Å². The highest BCUT2D eigenvalue weighted by molar-refractivity contribution is 6.20. The fraction of sp³-hybridized carbons (Fsp3) is 0.278. The molecule has 0 aliphatic heterocycles. The lowest BCUT2D eigenvalue weighted by atomic mass is 10.1. The smallest absolute Gasteiger partial charge is 0.424 e. The third-order valence-electron chi connectivity index (χ3n) is 3.40. The van der Waals surface area contributed by atoms with Crippen LogP contribution in [0.3, 0.4) is 0 Å². The molecule has 2 aromatic rings. The number of carbonyl (C=O) groups is 1. The van der Waals surface area contributed by atoms with Gasteiger partial charge in [-0.05, 0) is 43.2 Å². The zero-order valence-corrected chi connectivity index (χ0v) is 15.2. The Bertz CT molecular complexity index is 765. The van der Waals surface area contributed by atoms with Crippen molar-refractivity contribution in [3.8, 4) is 0 Å². The van der Waals surface area contributed by atoms with E-state index in [-0.39, 0.29) is 6.54 Å². The van der Waals surface area contributed by atoms with Gasteiger partial charge in [-0.3, -0.25) is 4.98 Å². The van der Waals surface area contributed by atoms with Crippen LogP contribution in [-0.4, -0.2) is 28.3 Å². The minimum absolute atomic E-state index is 0.226. The van der Waals surface area contributed by atoms with E-state index in [0.717, 1.165) is 26.9 Å². The molecule has 0 radical (unpaired) electrons. The predicted octanol–water partition coefficient (Wildman–Crippen LogP) is 4.05. The van der Waals surface area contributed by atoms with Crippen LogP contribution in [0.2, 0.25) is 0 Å². The largest absolute Gasteiger partial charge is 0.452 e. The van der Waals surface area contributed by atoms with E-state index in [1.54, 1.807) is 0 Å². The van der Waals surface area contributed by atoms with Crippen LogP contribution in [0.1, 0.15) is 29.4 Å². The van der Waals surface area contributed by atoms with Crippen LogP contribution in [0.5, 0.6) is 0 Å². The van der Waals surface area contributed by atoms with Crippen LogP contribution in [-0.2, 0) is 22.7 Å². The Morgan fingerprint density at radius 1 is 1.28 bits per heavy atom. The first-order valence-corrected chi connectivity index (χ1v) is 8.03. The molecule has 6 nitrogen and oxygen atoms in total. The summed E-state index contributed by atoms with van der Waals surface area (Å²) in [5.41, 5.74) is 4.21. The number of aryl methyl sites for hydroxylation is 1. The van der Waals surface area contributed by atoms with Gasteiger partial charge in [0.25, 0.3) is 0 Å². The third-order valence-corrected chi connectivity index (χ3v) is 3.66. The maximum atomic E-state index is 11.4. The number of hydrogen-bond acceptors (Lipinski definition) is 5. The molecule has 1 aromatic heterocycles. The lowest BCUT2D eigenvalue weighted by Gasteiger charge is -2.12. The van der Waals surface area contributed by atoms with Gasteiger partial charge in [0.15, 0.2) is 6.61 Å². The molecule has 1 aromatic carbocycles. The zero-order valence-electron chi connectivity index (χ0n) is 14.4. The summed E-state index contributed by atoms with van der Waals surface area (Å²) in [6.07, 6.45) is -0.605. The molecule has 0 fully saturated rings. The number of ether oxygens (including phenoxy) is 1. The van der Waals surface area contributed by atoms with Gasteiger partial charge in [-0.2, -0.15) is 0 Å². The van der Waals surface area contributed by atoms with Crippen molar-refractivity contribution in [2.75, 3.05) is 7.11 Å². The molecule has 7 heteroatoms. The second-order valence-corrected chi connectivity index (χ2v) is 5.82. The zero-order chi connectivity index (χ0) is 18.2. The van der Waals surface area contributed by atoms with E-state index in [2.05, 4.69) is 14.9 Å². The second-order valence-electron chi connectivity index (χ2n) is 5.41. The summed E-state index contributed by atoms with van der Waals surface area (Å²) in [5, 5.41) is 4.13. The van der Waals surface area contributed by atoms with Crippen molar-refractivity contribution in [3.05, 3.63) is 65.0 Å². The summed E-state index contributed by atoms with van der Waals surface area (Å²) in [6, 6.07) is 13.3. The van der Waals surface area contributed by atoms with Crippen LogP contribution >= 0.6 is 11.8 Å². The van der Waals surface area contributed by atoms with Crippen LogP contribution < -0.4 is 0 Å². The Labute approximate surface area is 152 Å². The Balaban J connectivity index is 2.00. The van der Waals surface area contributed by atoms with Crippen molar-refractivity contribution >= 4 is 23.6 Å². The fourth-order valence-electron chi connectivity index (χ4n) is 2.15. The van der Waals surface area contributed by atoms with Crippen LogP contribution in [0.25, 0.3) is 0 Å². The lowest BCUT2D eigenvalue weighted by Crippen LogP contribution is -2.20. The topological polar surface area (TPSA) is 64.0 Å². The van der Waals surface area contributed by atoms with Crippen molar-refractivity contribution in [2.24, 2.45) is 5.16 Å². The number of pyridine rings is 1. The number of nitrogens with zero attached hydrogens (tertiary/aromatic N) is 3.